The molecule has 0 radical (unpaired) electrons. The standard InChI is InChI=1S/C18H16N6O3/c1-2-9-24-17(25)22-16(23-18(24)26)21-13-4-6-14(7-5-13)27-15-8-3-12(10-19)11-20-15/h3-8,11H,2,9H2,1H3,(H2,21,22,23,25,26). The van der Waals surface area contributed by atoms with Gasteiger partial charge in [0.05, 0.1) is 5.56 Å². The third-order valence-corrected chi connectivity index (χ3v) is 3.56. The molecule has 27 heavy (non-hydrogen) atoms. The van der Waals surface area contributed by atoms with Crippen LogP contribution in [0.25, 0.3) is 0 Å². The molecule has 1 aromatic carbocycles. The number of ether oxygens (including phenoxy) is 1. The molecule has 0 fully saturated rings. The first-order valence-electron chi connectivity index (χ1n) is 8.21. The zero-order chi connectivity index (χ0) is 19.2. The number of pyridine rings is 1. The number of hydrogen-bond donors (Lipinski definition) is 2. The Labute approximate surface area is 153 Å². The molecular weight excluding hydrogens is 348 g/mol. The van der Waals surface area contributed by atoms with Crippen molar-refractivity contribution in [3.63, 3.8) is 0 Å². The highest BCUT2D eigenvalue weighted by atomic mass is 16.5. The molecule has 0 aliphatic heterocycles. The molecule has 2 aromatic heterocycles. The van der Waals surface area contributed by atoms with Crippen molar-refractivity contribution in [1.29, 1.82) is 5.26 Å². The van der Waals surface area contributed by atoms with Crippen LogP contribution in [-0.2, 0) is 6.54 Å². The molecule has 3 aromatic rings. The normalized spacial score (nSPS) is 10.2. The highest BCUT2D eigenvalue weighted by molar-refractivity contribution is 5.54. The molecule has 0 atom stereocenters. The second-order valence-electron chi connectivity index (χ2n) is 5.57. The maximum Gasteiger partial charge on any atom is 0.354 e. The molecule has 0 amide bonds. The lowest BCUT2D eigenvalue weighted by Crippen LogP contribution is -2.37. The summed E-state index contributed by atoms with van der Waals surface area (Å²) in [5, 5.41) is 11.6. The van der Waals surface area contributed by atoms with E-state index in [2.05, 4.69) is 20.3 Å². The van der Waals surface area contributed by atoms with E-state index in [1.165, 1.54) is 6.20 Å². The van der Waals surface area contributed by atoms with Crippen molar-refractivity contribution >= 4 is 11.6 Å². The minimum Gasteiger partial charge on any atom is -0.439 e. The van der Waals surface area contributed by atoms with Crippen molar-refractivity contribution < 1.29 is 4.74 Å². The third kappa shape index (κ3) is 4.38. The molecule has 2 heterocycles. The highest BCUT2D eigenvalue weighted by Crippen LogP contribution is 2.22. The summed E-state index contributed by atoms with van der Waals surface area (Å²) in [6, 6.07) is 12.0. The summed E-state index contributed by atoms with van der Waals surface area (Å²) in [6.07, 6.45) is 2.08. The predicted molar refractivity (Wildman–Crippen MR) is 98.2 cm³/mol. The first-order valence-corrected chi connectivity index (χ1v) is 8.21. The molecule has 9 nitrogen and oxygen atoms in total. The number of H-pyrrole nitrogens is 1. The molecule has 0 aliphatic carbocycles. The molecular formula is C18H16N6O3. The molecule has 0 saturated carbocycles. The van der Waals surface area contributed by atoms with Gasteiger partial charge < -0.3 is 10.1 Å². The Morgan fingerprint density at radius 1 is 1.22 bits per heavy atom. The van der Waals surface area contributed by atoms with Crippen LogP contribution in [0.5, 0.6) is 11.6 Å². The fraction of sp³-hybridized carbons (Fsp3) is 0.167. The molecule has 9 heteroatoms. The van der Waals surface area contributed by atoms with E-state index in [0.717, 1.165) is 4.57 Å². The first kappa shape index (κ1) is 17.9. The van der Waals surface area contributed by atoms with E-state index in [4.69, 9.17) is 10.00 Å². The van der Waals surface area contributed by atoms with Gasteiger partial charge in [0.2, 0.25) is 11.8 Å². The summed E-state index contributed by atoms with van der Waals surface area (Å²) >= 11 is 0. The summed E-state index contributed by atoms with van der Waals surface area (Å²) in [5.41, 5.74) is -0.0451. The number of anilines is 2. The topological polar surface area (TPSA) is 126 Å². The Bertz CT molecular complexity index is 1050. The van der Waals surface area contributed by atoms with Crippen LogP contribution in [0.3, 0.4) is 0 Å². The Morgan fingerprint density at radius 3 is 2.59 bits per heavy atom. The van der Waals surface area contributed by atoms with E-state index >= 15 is 0 Å². The van der Waals surface area contributed by atoms with Gasteiger partial charge in [-0.2, -0.15) is 10.2 Å². The van der Waals surface area contributed by atoms with Gasteiger partial charge in [0.1, 0.15) is 11.8 Å². The summed E-state index contributed by atoms with van der Waals surface area (Å²) in [6.45, 7) is 2.19. The van der Waals surface area contributed by atoms with Gasteiger partial charge >= 0.3 is 11.4 Å². The van der Waals surface area contributed by atoms with Gasteiger partial charge in [-0.25, -0.2) is 19.1 Å². The van der Waals surface area contributed by atoms with Gasteiger partial charge in [0, 0.05) is 24.5 Å². The van der Waals surface area contributed by atoms with Crippen molar-refractivity contribution in [3.8, 4) is 17.7 Å². The van der Waals surface area contributed by atoms with Crippen LogP contribution in [0.15, 0.2) is 52.2 Å². The lowest BCUT2D eigenvalue weighted by molar-refractivity contribution is 0.463. The van der Waals surface area contributed by atoms with Gasteiger partial charge in [-0.1, -0.05) is 6.92 Å². The number of hydrogen-bond acceptors (Lipinski definition) is 7. The van der Waals surface area contributed by atoms with Crippen LogP contribution >= 0.6 is 0 Å². The molecule has 0 aliphatic rings. The Morgan fingerprint density at radius 2 is 2.00 bits per heavy atom. The number of nitriles is 1. The van der Waals surface area contributed by atoms with E-state index < -0.39 is 11.4 Å². The Kier molecular flexibility index (Phi) is 5.28. The number of rotatable bonds is 6. The van der Waals surface area contributed by atoms with E-state index in [9.17, 15) is 9.59 Å². The number of aromatic amines is 1. The molecule has 0 bridgehead atoms. The SMILES string of the molecule is CCCn1c(=O)nc(Nc2ccc(Oc3ccc(C#N)cn3)cc2)[nH]c1=O. The van der Waals surface area contributed by atoms with E-state index in [1.54, 1.807) is 36.4 Å². The van der Waals surface area contributed by atoms with Gasteiger partial charge in [0.15, 0.2) is 0 Å². The molecule has 0 saturated heterocycles. The van der Waals surface area contributed by atoms with Crippen molar-refractivity contribution in [2.75, 3.05) is 5.32 Å². The lowest BCUT2D eigenvalue weighted by Gasteiger charge is -2.08. The summed E-state index contributed by atoms with van der Waals surface area (Å²) in [7, 11) is 0. The quantitative estimate of drug-likeness (QED) is 0.686. The van der Waals surface area contributed by atoms with Crippen molar-refractivity contribution in [2.45, 2.75) is 19.9 Å². The van der Waals surface area contributed by atoms with E-state index in [1.807, 2.05) is 13.0 Å². The average molecular weight is 364 g/mol. The first-order chi connectivity index (χ1) is 13.1. The maximum atomic E-state index is 11.9. The van der Waals surface area contributed by atoms with Crippen LogP contribution in [-0.4, -0.2) is 19.5 Å². The second kappa shape index (κ2) is 7.97. The van der Waals surface area contributed by atoms with E-state index in [0.29, 0.717) is 35.8 Å². The largest absolute Gasteiger partial charge is 0.439 e. The van der Waals surface area contributed by atoms with Crippen LogP contribution in [0.4, 0.5) is 11.6 Å². The fourth-order valence-corrected chi connectivity index (χ4v) is 2.29. The smallest absolute Gasteiger partial charge is 0.354 e. The molecule has 136 valence electrons. The molecule has 0 spiro atoms. The zero-order valence-electron chi connectivity index (χ0n) is 14.5. The molecule has 2 N–H and O–H groups in total. The zero-order valence-corrected chi connectivity index (χ0v) is 14.5. The number of benzene rings is 1. The monoisotopic (exact) mass is 364 g/mol. The van der Waals surface area contributed by atoms with Gasteiger partial charge in [-0.15, -0.1) is 0 Å². The minimum absolute atomic E-state index is 0.0692. The molecule has 3 rings (SSSR count). The van der Waals surface area contributed by atoms with Gasteiger partial charge in [-0.05, 0) is 36.8 Å². The minimum atomic E-state index is -0.602. The second-order valence-corrected chi connectivity index (χ2v) is 5.57. The highest BCUT2D eigenvalue weighted by Gasteiger charge is 2.06. The predicted octanol–water partition coefficient (Wildman–Crippen LogP) is 2.14. The van der Waals surface area contributed by atoms with Crippen molar-refractivity contribution in [3.05, 3.63) is 69.1 Å². The van der Waals surface area contributed by atoms with Gasteiger partial charge in [-0.3, -0.25) is 4.98 Å². The van der Waals surface area contributed by atoms with Crippen LogP contribution in [0.2, 0.25) is 0 Å². The summed E-state index contributed by atoms with van der Waals surface area (Å²) in [4.78, 5) is 34.2. The maximum absolute atomic E-state index is 11.9. The third-order valence-electron chi connectivity index (χ3n) is 3.56. The summed E-state index contributed by atoms with van der Waals surface area (Å²) < 4.78 is 6.64. The number of aromatic nitrogens is 4. The van der Waals surface area contributed by atoms with E-state index in [-0.39, 0.29) is 5.95 Å². The van der Waals surface area contributed by atoms with Crippen molar-refractivity contribution in [2.24, 2.45) is 0 Å². The van der Waals surface area contributed by atoms with Gasteiger partial charge in [0.25, 0.3) is 0 Å². The number of nitrogens with one attached hydrogen (secondary N) is 2. The summed E-state index contributed by atoms with van der Waals surface area (Å²) in [5.74, 6) is 0.970. The van der Waals surface area contributed by atoms with Crippen LogP contribution in [0.1, 0.15) is 18.9 Å². The average Bonchev–Trinajstić information content (AvgIpc) is 2.67. The van der Waals surface area contributed by atoms with Crippen molar-refractivity contribution in [1.82, 2.24) is 19.5 Å². The van der Waals surface area contributed by atoms with Crippen LogP contribution in [0, 0.1) is 11.3 Å². The van der Waals surface area contributed by atoms with Crippen LogP contribution < -0.4 is 21.4 Å². The Balaban J connectivity index is 1.71. The fourth-order valence-electron chi connectivity index (χ4n) is 2.29. The number of nitrogens with zero attached hydrogens (tertiary/aromatic N) is 4. The molecule has 0 unspecified atom stereocenters. The Hall–Kier alpha value is -3.93. The lowest BCUT2D eigenvalue weighted by atomic mass is 10.3.